The second-order valence-electron chi connectivity index (χ2n) is 5.35. The van der Waals surface area contributed by atoms with Crippen molar-refractivity contribution in [2.45, 2.75) is 19.0 Å². The minimum Gasteiger partial charge on any atom is -0.339 e. The molecule has 1 atom stereocenters. The van der Waals surface area contributed by atoms with Crippen LogP contribution >= 0.6 is 0 Å². The number of carbonyl (C=O) groups excluding carboxylic acids is 2. The molecule has 116 valence electrons. The first-order valence-corrected chi connectivity index (χ1v) is 7.25. The Morgan fingerprint density at radius 1 is 1.39 bits per heavy atom. The van der Waals surface area contributed by atoms with Gasteiger partial charge in [-0.25, -0.2) is 0 Å². The van der Waals surface area contributed by atoms with Crippen LogP contribution in [0.5, 0.6) is 0 Å². The summed E-state index contributed by atoms with van der Waals surface area (Å²) < 4.78 is 0. The van der Waals surface area contributed by atoms with Gasteiger partial charge in [0.25, 0.3) is 5.91 Å². The Morgan fingerprint density at radius 2 is 2.17 bits per heavy atom. The van der Waals surface area contributed by atoms with Crippen LogP contribution in [0.3, 0.4) is 0 Å². The molecule has 2 heterocycles. The molecule has 1 fully saturated rings. The molecule has 1 aromatic carbocycles. The molecule has 1 saturated heterocycles. The Balaban J connectivity index is 1.60. The number of nitriles is 1. The van der Waals surface area contributed by atoms with Gasteiger partial charge in [0.2, 0.25) is 5.91 Å². The Kier molecular flexibility index (Phi) is 4.06. The lowest BCUT2D eigenvalue weighted by Gasteiger charge is -2.17. The minimum atomic E-state index is -0.510. The van der Waals surface area contributed by atoms with Gasteiger partial charge in [0.15, 0.2) is 0 Å². The molecule has 1 aliphatic heterocycles. The molecule has 1 aromatic heterocycles. The largest absolute Gasteiger partial charge is 0.339 e. The molecule has 7 nitrogen and oxygen atoms in total. The standard InChI is InChI=1S/C16H15N5O2/c17-9-11-1-3-12(4-2-11)10-21-8-6-14(16(21)23)19-15(22)13-5-7-18-20-13/h1-5,7,14H,6,8,10H2,(H,18,20)(H,19,22)/t14-/m0/s1. The zero-order chi connectivity index (χ0) is 16.2. The number of aromatic amines is 1. The molecule has 2 aromatic rings. The normalized spacial score (nSPS) is 17.1. The fourth-order valence-electron chi connectivity index (χ4n) is 2.55. The maximum absolute atomic E-state index is 12.4. The van der Waals surface area contributed by atoms with Crippen LogP contribution in [-0.4, -0.2) is 39.5 Å². The predicted molar refractivity (Wildman–Crippen MR) is 81.0 cm³/mol. The fraction of sp³-hybridized carbons (Fsp3) is 0.250. The topological polar surface area (TPSA) is 102 Å². The van der Waals surface area contributed by atoms with E-state index in [2.05, 4.69) is 21.6 Å². The number of nitrogens with one attached hydrogen (secondary N) is 2. The summed E-state index contributed by atoms with van der Waals surface area (Å²) >= 11 is 0. The zero-order valence-corrected chi connectivity index (χ0v) is 12.3. The van der Waals surface area contributed by atoms with Crippen molar-refractivity contribution in [2.24, 2.45) is 0 Å². The smallest absolute Gasteiger partial charge is 0.269 e. The van der Waals surface area contributed by atoms with Crippen LogP contribution in [0.15, 0.2) is 36.5 Å². The highest BCUT2D eigenvalue weighted by Gasteiger charge is 2.32. The van der Waals surface area contributed by atoms with Crippen LogP contribution in [0.2, 0.25) is 0 Å². The Morgan fingerprint density at radius 3 is 2.83 bits per heavy atom. The molecular formula is C16H15N5O2. The molecule has 0 bridgehead atoms. The van der Waals surface area contributed by atoms with Crippen molar-refractivity contribution in [1.82, 2.24) is 20.4 Å². The van der Waals surface area contributed by atoms with Gasteiger partial charge in [-0.15, -0.1) is 0 Å². The summed E-state index contributed by atoms with van der Waals surface area (Å²) in [6, 6.07) is 10.2. The van der Waals surface area contributed by atoms with Crippen LogP contribution < -0.4 is 5.32 Å². The quantitative estimate of drug-likeness (QED) is 0.872. The molecule has 3 rings (SSSR count). The molecular weight excluding hydrogens is 294 g/mol. The third kappa shape index (κ3) is 3.21. The summed E-state index contributed by atoms with van der Waals surface area (Å²) in [6.45, 7) is 1.06. The van der Waals surface area contributed by atoms with E-state index in [1.165, 1.54) is 6.20 Å². The maximum Gasteiger partial charge on any atom is 0.269 e. The van der Waals surface area contributed by atoms with Gasteiger partial charge in [0.1, 0.15) is 11.7 Å². The van der Waals surface area contributed by atoms with Crippen molar-refractivity contribution in [3.8, 4) is 6.07 Å². The average Bonchev–Trinajstić information content (AvgIpc) is 3.21. The van der Waals surface area contributed by atoms with Crippen LogP contribution in [-0.2, 0) is 11.3 Å². The number of rotatable bonds is 4. The molecule has 0 saturated carbocycles. The molecule has 23 heavy (non-hydrogen) atoms. The summed E-state index contributed by atoms with van der Waals surface area (Å²) in [5, 5.41) is 17.8. The molecule has 0 radical (unpaired) electrons. The molecule has 7 heteroatoms. The van der Waals surface area contributed by atoms with E-state index >= 15 is 0 Å². The van der Waals surface area contributed by atoms with Gasteiger partial charge >= 0.3 is 0 Å². The van der Waals surface area contributed by atoms with Gasteiger partial charge in [-0.2, -0.15) is 10.4 Å². The lowest BCUT2D eigenvalue weighted by Crippen LogP contribution is -2.41. The van der Waals surface area contributed by atoms with Crippen LogP contribution in [0.1, 0.15) is 28.0 Å². The summed E-state index contributed by atoms with van der Waals surface area (Å²) in [5.41, 5.74) is 1.88. The number of aromatic nitrogens is 2. The second kappa shape index (κ2) is 6.32. The summed E-state index contributed by atoms with van der Waals surface area (Å²) in [6.07, 6.45) is 2.07. The van der Waals surface area contributed by atoms with Crippen molar-refractivity contribution in [2.75, 3.05) is 6.54 Å². The molecule has 0 aliphatic carbocycles. The van der Waals surface area contributed by atoms with Crippen molar-refractivity contribution < 1.29 is 9.59 Å². The van der Waals surface area contributed by atoms with Crippen LogP contribution in [0, 0.1) is 11.3 Å². The lowest BCUT2D eigenvalue weighted by molar-refractivity contribution is -0.129. The number of carbonyl (C=O) groups is 2. The van der Waals surface area contributed by atoms with E-state index in [4.69, 9.17) is 5.26 Å². The van der Waals surface area contributed by atoms with Gasteiger partial charge in [0.05, 0.1) is 11.6 Å². The van der Waals surface area contributed by atoms with Gasteiger partial charge in [-0.1, -0.05) is 12.1 Å². The Hall–Kier alpha value is -3.14. The number of likely N-dealkylation sites (tertiary alicyclic amines) is 1. The van der Waals surface area contributed by atoms with Crippen molar-refractivity contribution in [3.05, 3.63) is 53.3 Å². The third-order valence-corrected chi connectivity index (χ3v) is 3.80. The van der Waals surface area contributed by atoms with E-state index < -0.39 is 6.04 Å². The fourth-order valence-corrected chi connectivity index (χ4v) is 2.55. The molecule has 0 unspecified atom stereocenters. The first kappa shape index (κ1) is 14.8. The van der Waals surface area contributed by atoms with E-state index in [1.807, 2.05) is 12.1 Å². The first-order valence-electron chi connectivity index (χ1n) is 7.25. The highest BCUT2D eigenvalue weighted by Crippen LogP contribution is 2.16. The van der Waals surface area contributed by atoms with E-state index in [1.54, 1.807) is 23.1 Å². The number of hydrogen-bond donors (Lipinski definition) is 2. The number of benzene rings is 1. The molecule has 2 N–H and O–H groups in total. The highest BCUT2D eigenvalue weighted by molar-refractivity contribution is 5.96. The van der Waals surface area contributed by atoms with Gasteiger partial charge in [0, 0.05) is 19.3 Å². The summed E-state index contributed by atoms with van der Waals surface area (Å²) in [4.78, 5) is 26.0. The second-order valence-corrected chi connectivity index (χ2v) is 5.35. The predicted octanol–water partition coefficient (Wildman–Crippen LogP) is 0.812. The van der Waals surface area contributed by atoms with Crippen LogP contribution in [0.25, 0.3) is 0 Å². The van der Waals surface area contributed by atoms with E-state index in [9.17, 15) is 9.59 Å². The third-order valence-electron chi connectivity index (χ3n) is 3.80. The van der Waals surface area contributed by atoms with E-state index in [0.717, 1.165) is 5.56 Å². The SMILES string of the molecule is N#Cc1ccc(CN2CC[C@H](NC(=O)c3ccn[nH]3)C2=O)cc1. The Bertz CT molecular complexity index is 746. The van der Waals surface area contributed by atoms with Crippen molar-refractivity contribution in [1.29, 1.82) is 5.26 Å². The van der Waals surface area contributed by atoms with Gasteiger partial charge in [-0.05, 0) is 30.2 Å². The minimum absolute atomic E-state index is 0.0952. The van der Waals surface area contributed by atoms with E-state index in [0.29, 0.717) is 30.8 Å². The number of nitrogens with zero attached hydrogens (tertiary/aromatic N) is 3. The highest BCUT2D eigenvalue weighted by atomic mass is 16.2. The van der Waals surface area contributed by atoms with E-state index in [-0.39, 0.29) is 11.8 Å². The zero-order valence-electron chi connectivity index (χ0n) is 12.3. The number of H-pyrrole nitrogens is 1. The number of hydrogen-bond acceptors (Lipinski definition) is 4. The lowest BCUT2D eigenvalue weighted by atomic mass is 10.1. The first-order chi connectivity index (χ1) is 11.2. The molecule has 1 aliphatic rings. The monoisotopic (exact) mass is 309 g/mol. The average molecular weight is 309 g/mol. The van der Waals surface area contributed by atoms with Gasteiger partial charge < -0.3 is 10.2 Å². The number of amides is 2. The summed E-state index contributed by atoms with van der Waals surface area (Å²) in [7, 11) is 0. The Labute approximate surface area is 132 Å². The molecule has 2 amide bonds. The van der Waals surface area contributed by atoms with Gasteiger partial charge in [-0.3, -0.25) is 14.7 Å². The van der Waals surface area contributed by atoms with Crippen molar-refractivity contribution >= 4 is 11.8 Å². The van der Waals surface area contributed by atoms with Crippen molar-refractivity contribution in [3.63, 3.8) is 0 Å². The summed E-state index contributed by atoms with van der Waals surface area (Å²) in [5.74, 6) is -0.428. The maximum atomic E-state index is 12.4. The van der Waals surface area contributed by atoms with Crippen LogP contribution in [0.4, 0.5) is 0 Å². The molecule has 0 spiro atoms.